The first-order chi connectivity index (χ1) is 5.06. The van der Waals surface area contributed by atoms with Crippen molar-refractivity contribution >= 4 is 40.5 Å². The summed E-state index contributed by atoms with van der Waals surface area (Å²) >= 11 is 0. The molecule has 0 fully saturated rings. The Morgan fingerprint density at radius 2 is 1.45 bits per heavy atom. The van der Waals surface area contributed by atoms with Crippen molar-refractivity contribution in [3.05, 3.63) is 0 Å². The maximum atomic E-state index is 5.76. The molecular weight excluding hydrogens is 263 g/mol. The fourth-order valence-electron chi connectivity index (χ4n) is 0.929. The predicted octanol–water partition coefficient (Wildman–Crippen LogP) is 4.61. The number of unbranched alkanes of at least 4 members (excludes halogenated alkanes) is 4. The molecule has 11 heavy (non-hydrogen) atoms. The molecule has 0 amide bonds. The van der Waals surface area contributed by atoms with Gasteiger partial charge in [0.25, 0.3) is 0 Å². The molecule has 0 atom stereocenters. The van der Waals surface area contributed by atoms with Crippen LogP contribution in [0.2, 0.25) is 5.25 Å². The molecule has 0 aromatic heterocycles. The zero-order valence-corrected chi connectivity index (χ0v) is 11.2. The van der Waals surface area contributed by atoms with Gasteiger partial charge < -0.3 is 0 Å². The molecule has 4 heteroatoms. The summed E-state index contributed by atoms with van der Waals surface area (Å²) < 4.78 is 0. The van der Waals surface area contributed by atoms with Crippen LogP contribution in [-0.4, -0.2) is 10.5 Å². The summed E-state index contributed by atoms with van der Waals surface area (Å²) in [4.78, 5) is 0. The van der Waals surface area contributed by atoms with Gasteiger partial charge in [-0.1, -0.05) is 0 Å². The van der Waals surface area contributed by atoms with Gasteiger partial charge in [0.2, 0.25) is 0 Å². The van der Waals surface area contributed by atoms with Gasteiger partial charge in [0, 0.05) is 0 Å². The van der Waals surface area contributed by atoms with Gasteiger partial charge in [-0.3, -0.25) is 0 Å². The van der Waals surface area contributed by atoms with Crippen molar-refractivity contribution in [2.75, 3.05) is 0 Å². The van der Waals surface area contributed by atoms with Gasteiger partial charge in [-0.25, -0.2) is 0 Å². The summed E-state index contributed by atoms with van der Waals surface area (Å²) in [6.45, 7) is 2.20. The minimum atomic E-state index is -2.74. The molecule has 0 N–H and O–H groups in total. The van der Waals surface area contributed by atoms with Crippen molar-refractivity contribution < 1.29 is 0 Å². The van der Waals surface area contributed by atoms with Crippen LogP contribution in [0.25, 0.3) is 0 Å². The quantitative estimate of drug-likeness (QED) is 0.491. The molecule has 0 aromatic carbocycles. The number of hydrogen-bond acceptors (Lipinski definition) is 0. The van der Waals surface area contributed by atoms with E-state index in [2.05, 4.69) is 6.92 Å². The van der Waals surface area contributed by atoms with Crippen molar-refractivity contribution in [1.82, 2.24) is 0 Å². The number of hydrogen-bond donors (Lipinski definition) is 0. The minimum absolute atomic E-state index is 0.869. The zero-order valence-electron chi connectivity index (χ0n) is 6.88. The molecule has 0 saturated carbocycles. The first-order valence-electron chi connectivity index (χ1n) is 4.13. The normalized spacial score (nSPS) is 12.0. The Hall–Kier alpha value is 1.41. The van der Waals surface area contributed by atoms with E-state index in [4.69, 9.17) is 30.0 Å². The Kier molecular flexibility index (Phi) is 7.76. The number of halogens is 3. The summed E-state index contributed by atoms with van der Waals surface area (Å²) in [5.41, 5.74) is 0. The van der Waals surface area contributed by atoms with E-state index in [1.807, 2.05) is 0 Å². The van der Waals surface area contributed by atoms with Gasteiger partial charge >= 0.3 is 84.8 Å². The van der Waals surface area contributed by atoms with Crippen molar-refractivity contribution in [3.8, 4) is 0 Å². The van der Waals surface area contributed by atoms with Crippen molar-refractivity contribution in [2.45, 2.75) is 44.3 Å². The fourth-order valence-corrected chi connectivity index (χ4v) is 4.38. The molecule has 0 spiro atoms. The molecule has 0 unspecified atom stereocenters. The molecular formula is C7H15Cl3Ge. The topological polar surface area (TPSA) is 0 Å². The van der Waals surface area contributed by atoms with E-state index in [9.17, 15) is 0 Å². The second-order valence-electron chi connectivity index (χ2n) is 2.78. The Morgan fingerprint density at radius 1 is 0.909 bits per heavy atom. The molecule has 0 heterocycles. The van der Waals surface area contributed by atoms with Gasteiger partial charge in [0.05, 0.1) is 0 Å². The van der Waals surface area contributed by atoms with Gasteiger partial charge in [0.15, 0.2) is 0 Å². The first-order valence-corrected chi connectivity index (χ1v) is 13.9. The molecule has 0 aliphatic heterocycles. The Balaban J connectivity index is 3.02. The molecule has 0 rings (SSSR count). The summed E-state index contributed by atoms with van der Waals surface area (Å²) in [6, 6.07) is 0. The average molecular weight is 278 g/mol. The summed E-state index contributed by atoms with van der Waals surface area (Å²) in [6.07, 6.45) is 6.21. The van der Waals surface area contributed by atoms with E-state index in [0.717, 1.165) is 11.7 Å². The predicted molar refractivity (Wildman–Crippen MR) is 56.9 cm³/mol. The van der Waals surface area contributed by atoms with Crippen LogP contribution in [0, 0.1) is 0 Å². The van der Waals surface area contributed by atoms with Crippen LogP contribution in [0.15, 0.2) is 0 Å². The zero-order chi connectivity index (χ0) is 8.74. The number of rotatable bonds is 6. The third-order valence-corrected chi connectivity index (χ3v) is 6.44. The first kappa shape index (κ1) is 12.4. The molecule has 0 saturated heterocycles. The molecule has 0 aromatic rings. The third-order valence-electron chi connectivity index (χ3n) is 1.56. The van der Waals surface area contributed by atoms with Crippen LogP contribution in [0.1, 0.15) is 39.0 Å². The van der Waals surface area contributed by atoms with E-state index < -0.39 is 10.5 Å². The molecule has 0 nitrogen and oxygen atoms in total. The second kappa shape index (κ2) is 6.88. The van der Waals surface area contributed by atoms with Crippen LogP contribution in [-0.2, 0) is 0 Å². The van der Waals surface area contributed by atoms with Gasteiger partial charge in [0.1, 0.15) is 0 Å². The van der Waals surface area contributed by atoms with Crippen LogP contribution >= 0.6 is 30.0 Å². The summed E-state index contributed by atoms with van der Waals surface area (Å²) in [7, 11) is 14.5. The standard InChI is InChI=1S/C7H15Cl3Ge/c1-2-3-4-5-6-7-11(8,9)10/h2-7H2,1H3. The Labute approximate surface area is 84.5 Å². The van der Waals surface area contributed by atoms with Crippen LogP contribution in [0.3, 0.4) is 0 Å². The van der Waals surface area contributed by atoms with Crippen LogP contribution in [0.5, 0.6) is 0 Å². The van der Waals surface area contributed by atoms with E-state index in [0.29, 0.717) is 0 Å². The molecule has 0 bridgehead atoms. The second-order valence-corrected chi connectivity index (χ2v) is 19.5. The fraction of sp³-hybridized carbons (Fsp3) is 1.00. The van der Waals surface area contributed by atoms with Crippen LogP contribution < -0.4 is 0 Å². The van der Waals surface area contributed by atoms with Crippen LogP contribution in [0.4, 0.5) is 0 Å². The Morgan fingerprint density at radius 3 is 1.91 bits per heavy atom. The van der Waals surface area contributed by atoms with E-state index in [1.165, 1.54) is 25.7 Å². The molecule has 68 valence electrons. The van der Waals surface area contributed by atoms with E-state index >= 15 is 0 Å². The molecule has 0 radical (unpaired) electrons. The van der Waals surface area contributed by atoms with Gasteiger partial charge in [-0.05, 0) is 0 Å². The molecule has 0 aliphatic carbocycles. The maximum absolute atomic E-state index is 5.76. The third kappa shape index (κ3) is 11.4. The van der Waals surface area contributed by atoms with Gasteiger partial charge in [-0.2, -0.15) is 0 Å². The van der Waals surface area contributed by atoms with E-state index in [-0.39, 0.29) is 0 Å². The van der Waals surface area contributed by atoms with Crippen molar-refractivity contribution in [2.24, 2.45) is 0 Å². The summed E-state index contributed by atoms with van der Waals surface area (Å²) in [5.74, 6) is 0. The average Bonchev–Trinajstić information content (AvgIpc) is 1.85. The van der Waals surface area contributed by atoms with E-state index in [1.54, 1.807) is 0 Å². The Bertz CT molecular complexity index is 90.2. The monoisotopic (exact) mass is 278 g/mol. The summed E-state index contributed by atoms with van der Waals surface area (Å²) in [5, 5.41) is 0.869. The van der Waals surface area contributed by atoms with Gasteiger partial charge in [-0.15, -0.1) is 0 Å². The van der Waals surface area contributed by atoms with Crippen molar-refractivity contribution in [1.29, 1.82) is 0 Å². The molecule has 0 aliphatic rings. The van der Waals surface area contributed by atoms with Crippen molar-refractivity contribution in [3.63, 3.8) is 0 Å². The SMILES string of the molecule is CCCCCC[CH2][Ge]([Cl])([Cl])[Cl].